The highest BCUT2D eigenvalue weighted by Crippen LogP contribution is 2.56. The Morgan fingerprint density at radius 1 is 0.541 bits per heavy atom. The average molecular weight is 515 g/mol. The van der Waals surface area contributed by atoms with Gasteiger partial charge in [0.05, 0.1) is 6.10 Å². The van der Waals surface area contributed by atoms with Gasteiger partial charge in [-0.1, -0.05) is 40.0 Å². The van der Waals surface area contributed by atoms with Crippen LogP contribution in [-0.4, -0.2) is 22.5 Å². The van der Waals surface area contributed by atoms with Crippen molar-refractivity contribution in [1.82, 2.24) is 0 Å². The Labute approximate surface area is 227 Å². The van der Waals surface area contributed by atoms with E-state index in [0.29, 0.717) is 11.3 Å². The molecule has 1 fully saturated rings. The van der Waals surface area contributed by atoms with E-state index in [4.69, 9.17) is 0 Å². The molecule has 3 aromatic rings. The second-order valence-electron chi connectivity index (χ2n) is 11.9. The van der Waals surface area contributed by atoms with Crippen molar-refractivity contribution in [3.05, 3.63) is 73.8 Å². The van der Waals surface area contributed by atoms with Gasteiger partial charge in [0.2, 0.25) is 0 Å². The maximum Gasteiger partial charge on any atom is 0.0552 e. The van der Waals surface area contributed by atoms with Crippen LogP contribution in [0.25, 0.3) is 22.3 Å². The van der Waals surface area contributed by atoms with Gasteiger partial charge in [0.15, 0.2) is 0 Å². The molecule has 0 radical (unpaired) electrons. The molecule has 198 valence electrons. The van der Waals surface area contributed by atoms with Crippen molar-refractivity contribution < 1.29 is 5.11 Å². The van der Waals surface area contributed by atoms with E-state index in [-0.39, 0.29) is 6.10 Å². The minimum absolute atomic E-state index is 0.181. The summed E-state index contributed by atoms with van der Waals surface area (Å²) < 4.78 is 0. The molecule has 1 N–H and O–H groups in total. The fourth-order valence-corrected chi connectivity index (χ4v) is 10.6. The van der Waals surface area contributed by atoms with Crippen LogP contribution >= 0.6 is 7.92 Å². The molecule has 2 atom stereocenters. The molecule has 0 spiro atoms. The van der Waals surface area contributed by atoms with E-state index in [1.165, 1.54) is 77.9 Å². The Kier molecular flexibility index (Phi) is 7.82. The van der Waals surface area contributed by atoms with E-state index in [9.17, 15) is 5.11 Å². The zero-order chi connectivity index (χ0) is 27.5. The van der Waals surface area contributed by atoms with Gasteiger partial charge >= 0.3 is 0 Å². The molecule has 1 heterocycles. The van der Waals surface area contributed by atoms with E-state index in [0.717, 1.165) is 12.8 Å². The van der Waals surface area contributed by atoms with E-state index < -0.39 is 7.92 Å². The number of aliphatic hydroxyl groups is 1. The topological polar surface area (TPSA) is 20.2 Å². The van der Waals surface area contributed by atoms with Gasteiger partial charge in [0.1, 0.15) is 0 Å². The molecule has 3 aromatic carbocycles. The van der Waals surface area contributed by atoms with Crippen molar-refractivity contribution in [3.8, 4) is 22.3 Å². The summed E-state index contributed by atoms with van der Waals surface area (Å²) in [5, 5.41) is 12.2. The smallest absolute Gasteiger partial charge is 0.0552 e. The Balaban J connectivity index is 2.18. The Morgan fingerprint density at radius 3 is 1.16 bits per heavy atom. The average Bonchev–Trinajstić information content (AvgIpc) is 2.84. The number of hydrogen-bond acceptors (Lipinski definition) is 1. The van der Waals surface area contributed by atoms with Gasteiger partial charge < -0.3 is 5.11 Å². The van der Waals surface area contributed by atoms with Crippen molar-refractivity contribution in [2.45, 2.75) is 113 Å². The first-order valence-corrected chi connectivity index (χ1v) is 15.5. The Bertz CT molecular complexity index is 1220. The fraction of sp³-hybridized carbons (Fsp3) is 0.486. The first kappa shape index (κ1) is 28.1. The molecule has 4 rings (SSSR count). The molecular formula is C35H47OP. The van der Waals surface area contributed by atoms with Crippen LogP contribution < -0.4 is 5.30 Å². The summed E-state index contributed by atoms with van der Waals surface area (Å²) in [5.74, 6) is 0. The van der Waals surface area contributed by atoms with Gasteiger partial charge in [-0.3, -0.25) is 0 Å². The quantitative estimate of drug-likeness (QED) is 0.346. The number of rotatable bonds is 3. The normalized spacial score (nSPS) is 22.0. The first-order chi connectivity index (χ1) is 17.3. The van der Waals surface area contributed by atoms with Gasteiger partial charge in [-0.25, -0.2) is 0 Å². The monoisotopic (exact) mass is 514 g/mol. The summed E-state index contributed by atoms with van der Waals surface area (Å²) >= 11 is 0. The largest absolute Gasteiger partial charge is 0.393 e. The predicted octanol–water partition coefficient (Wildman–Crippen LogP) is 9.14. The lowest BCUT2D eigenvalue weighted by Gasteiger charge is -2.40. The molecular weight excluding hydrogens is 467 g/mol. The van der Waals surface area contributed by atoms with Crippen LogP contribution in [0, 0.1) is 69.2 Å². The van der Waals surface area contributed by atoms with Crippen molar-refractivity contribution >= 4 is 13.2 Å². The lowest BCUT2D eigenvalue weighted by molar-refractivity contribution is 0.149. The lowest BCUT2D eigenvalue weighted by Crippen LogP contribution is -2.33. The third-order valence-corrected chi connectivity index (χ3v) is 13.3. The molecule has 0 bridgehead atoms. The van der Waals surface area contributed by atoms with Crippen molar-refractivity contribution in [2.24, 2.45) is 0 Å². The van der Waals surface area contributed by atoms with Crippen LogP contribution in [-0.2, 0) is 0 Å². The minimum Gasteiger partial charge on any atom is -0.393 e. The van der Waals surface area contributed by atoms with E-state index >= 15 is 0 Å². The predicted molar refractivity (Wildman–Crippen MR) is 165 cm³/mol. The van der Waals surface area contributed by atoms with Gasteiger partial charge in [0.25, 0.3) is 0 Å². The molecule has 1 aliphatic rings. The third kappa shape index (κ3) is 4.51. The number of benzene rings is 3. The van der Waals surface area contributed by atoms with E-state index in [2.05, 4.69) is 101 Å². The zero-order valence-corrected chi connectivity index (χ0v) is 26.2. The molecule has 1 saturated heterocycles. The van der Waals surface area contributed by atoms with Gasteiger partial charge in [0, 0.05) is 0 Å². The SMILES string of the molecule is Cc1c(C)c(C)c(-c2cccc(-c3c(C)c(C)c(C)c(C)c3C)c2P2C(C)CC(O)CC2C)c(C)c1C. The molecule has 1 aliphatic heterocycles. The van der Waals surface area contributed by atoms with E-state index in [1.54, 1.807) is 5.30 Å². The molecule has 1 nitrogen and oxygen atoms in total. The molecule has 2 heteroatoms. The highest BCUT2D eigenvalue weighted by Gasteiger charge is 2.37. The highest BCUT2D eigenvalue weighted by atomic mass is 31.1. The van der Waals surface area contributed by atoms with Crippen LogP contribution in [0.5, 0.6) is 0 Å². The van der Waals surface area contributed by atoms with E-state index in [1.807, 2.05) is 0 Å². The van der Waals surface area contributed by atoms with Crippen molar-refractivity contribution in [3.63, 3.8) is 0 Å². The van der Waals surface area contributed by atoms with Crippen molar-refractivity contribution in [2.75, 3.05) is 0 Å². The Hall–Kier alpha value is -1.95. The summed E-state index contributed by atoms with van der Waals surface area (Å²) in [5.41, 5.74) is 20.8. The minimum atomic E-state index is -0.468. The highest BCUT2D eigenvalue weighted by molar-refractivity contribution is 7.67. The maximum absolute atomic E-state index is 10.7. The van der Waals surface area contributed by atoms with Crippen LogP contribution in [0.4, 0.5) is 0 Å². The summed E-state index contributed by atoms with van der Waals surface area (Å²) in [4.78, 5) is 0. The van der Waals surface area contributed by atoms with Crippen LogP contribution in [0.2, 0.25) is 0 Å². The number of hydrogen-bond donors (Lipinski definition) is 1. The summed E-state index contributed by atoms with van der Waals surface area (Å²) in [6.45, 7) is 27.8. The first-order valence-electron chi connectivity index (χ1n) is 14.0. The zero-order valence-electron chi connectivity index (χ0n) is 25.3. The van der Waals surface area contributed by atoms with Crippen LogP contribution in [0.1, 0.15) is 82.3 Å². The molecule has 2 unspecified atom stereocenters. The van der Waals surface area contributed by atoms with Crippen molar-refractivity contribution in [1.29, 1.82) is 0 Å². The summed E-state index contributed by atoms with van der Waals surface area (Å²) in [6, 6.07) is 7.09. The third-order valence-electron chi connectivity index (χ3n) is 10.0. The number of aliphatic hydroxyl groups excluding tert-OH is 1. The van der Waals surface area contributed by atoms with Gasteiger partial charge in [-0.05, 0) is 177 Å². The standard InChI is InChI=1S/C35H47OP/c1-18-16-30(36)17-19(2)37(18)35-31(33-26(9)22(5)20(3)23(6)27(33)10)14-13-15-32(35)34-28(11)24(7)21(4)25(8)29(34)12/h13-15,18-19,30,36H,16-17H2,1-12H3. The van der Waals surface area contributed by atoms with Gasteiger partial charge in [-0.15, -0.1) is 0 Å². The molecule has 37 heavy (non-hydrogen) atoms. The second-order valence-corrected chi connectivity index (χ2v) is 15.0. The van der Waals surface area contributed by atoms with Gasteiger partial charge in [-0.2, -0.15) is 0 Å². The maximum atomic E-state index is 10.7. The molecule has 0 aromatic heterocycles. The Morgan fingerprint density at radius 2 is 0.838 bits per heavy atom. The molecule has 0 saturated carbocycles. The molecule has 0 aliphatic carbocycles. The second kappa shape index (κ2) is 10.3. The summed E-state index contributed by atoms with van der Waals surface area (Å²) in [6.07, 6.45) is 1.62. The van der Waals surface area contributed by atoms with Crippen LogP contribution in [0.15, 0.2) is 18.2 Å². The summed E-state index contributed by atoms with van der Waals surface area (Å²) in [7, 11) is -0.468. The molecule has 0 amide bonds. The fourth-order valence-electron chi connectivity index (χ4n) is 7.02. The van der Waals surface area contributed by atoms with Crippen LogP contribution in [0.3, 0.4) is 0 Å². The lowest BCUT2D eigenvalue weighted by atomic mass is 9.83.